The molecule has 3 aromatic heterocycles. The quantitative estimate of drug-likeness (QED) is 0.179. The van der Waals surface area contributed by atoms with Gasteiger partial charge < -0.3 is 4.57 Å². The van der Waals surface area contributed by atoms with Crippen molar-refractivity contribution in [3.8, 4) is 45.5 Å². The molecule has 7 heteroatoms. The van der Waals surface area contributed by atoms with E-state index in [0.717, 1.165) is 38.6 Å². The molecular weight excluding hydrogens is 667 g/mol. The summed E-state index contributed by atoms with van der Waals surface area (Å²) in [6.07, 6.45) is 0. The van der Waals surface area contributed by atoms with Gasteiger partial charge in [0.15, 0.2) is 17.5 Å². The number of rotatable bonds is 5. The SMILES string of the molecule is O=c1c2ccc(-c3nc(-c4ccccc4)nc(-c4ccccc4)n3)cc2c2cc3c(cc2c(=O)n1-c1ccccc1)c1ccccc1n3-c1ccccc1. The number of hydrogen-bond acceptors (Lipinski definition) is 5. The minimum Gasteiger partial charge on any atom is -0.309 e. The summed E-state index contributed by atoms with van der Waals surface area (Å²) in [5.74, 6) is 1.52. The maximum absolute atomic E-state index is 14.8. The topological polar surface area (TPSA) is 82.7 Å². The fourth-order valence-corrected chi connectivity index (χ4v) is 7.45. The third-order valence-corrected chi connectivity index (χ3v) is 9.97. The molecule has 0 saturated carbocycles. The fourth-order valence-electron chi connectivity index (χ4n) is 7.45. The highest BCUT2D eigenvalue weighted by Gasteiger charge is 2.20. The van der Waals surface area contributed by atoms with Crippen molar-refractivity contribution in [3.63, 3.8) is 0 Å². The lowest BCUT2D eigenvalue weighted by Crippen LogP contribution is -2.28. The van der Waals surface area contributed by atoms with Crippen LogP contribution in [-0.4, -0.2) is 24.1 Å². The maximum atomic E-state index is 14.8. The van der Waals surface area contributed by atoms with Crippen molar-refractivity contribution in [1.82, 2.24) is 24.1 Å². The van der Waals surface area contributed by atoms with Crippen LogP contribution in [0.15, 0.2) is 186 Å². The van der Waals surface area contributed by atoms with Crippen LogP contribution in [0, 0.1) is 0 Å². The van der Waals surface area contributed by atoms with E-state index < -0.39 is 11.1 Å². The van der Waals surface area contributed by atoms with Crippen LogP contribution in [0.25, 0.3) is 88.9 Å². The van der Waals surface area contributed by atoms with Gasteiger partial charge in [0.25, 0.3) is 11.1 Å². The molecule has 10 aromatic rings. The Bertz CT molecular complexity index is 3120. The molecule has 0 saturated heterocycles. The summed E-state index contributed by atoms with van der Waals surface area (Å²) in [5.41, 5.74) is 5.03. The van der Waals surface area contributed by atoms with E-state index in [9.17, 15) is 9.59 Å². The molecule has 0 amide bonds. The third kappa shape index (κ3) is 5.10. The van der Waals surface area contributed by atoms with Gasteiger partial charge in [0.1, 0.15) is 0 Å². The number of fused-ring (bicyclic) bond motifs is 6. The summed E-state index contributed by atoms with van der Waals surface area (Å²) in [4.78, 5) is 44.2. The molecule has 10 rings (SSSR count). The lowest BCUT2D eigenvalue weighted by Gasteiger charge is -2.09. The van der Waals surface area contributed by atoms with E-state index in [1.165, 1.54) is 4.57 Å². The van der Waals surface area contributed by atoms with E-state index in [1.54, 1.807) is 18.2 Å². The molecule has 254 valence electrons. The van der Waals surface area contributed by atoms with Gasteiger partial charge in [0, 0.05) is 43.9 Å². The summed E-state index contributed by atoms with van der Waals surface area (Å²) in [6.45, 7) is 0. The molecule has 0 aliphatic heterocycles. The molecule has 0 radical (unpaired) electrons. The molecule has 0 aliphatic carbocycles. The van der Waals surface area contributed by atoms with E-state index in [2.05, 4.69) is 34.9 Å². The second-order valence-corrected chi connectivity index (χ2v) is 13.2. The minimum absolute atomic E-state index is 0.393. The highest BCUT2D eigenvalue weighted by molar-refractivity contribution is 6.17. The lowest BCUT2D eigenvalue weighted by molar-refractivity contribution is 0.976. The Balaban J connectivity index is 1.34. The number of benzene rings is 7. The lowest BCUT2D eigenvalue weighted by atomic mass is 10.0. The summed E-state index contributed by atoms with van der Waals surface area (Å²) in [7, 11) is 0. The summed E-state index contributed by atoms with van der Waals surface area (Å²) < 4.78 is 3.50. The van der Waals surface area contributed by atoms with Gasteiger partial charge in [-0.25, -0.2) is 19.5 Å². The molecule has 3 heterocycles. The Morgan fingerprint density at radius 1 is 0.315 bits per heavy atom. The van der Waals surface area contributed by atoms with Crippen molar-refractivity contribution in [2.45, 2.75) is 0 Å². The summed E-state index contributed by atoms with van der Waals surface area (Å²) >= 11 is 0. The van der Waals surface area contributed by atoms with Gasteiger partial charge in [0.2, 0.25) is 0 Å². The van der Waals surface area contributed by atoms with E-state index in [-0.39, 0.29) is 0 Å². The van der Waals surface area contributed by atoms with Crippen LogP contribution >= 0.6 is 0 Å². The Morgan fingerprint density at radius 2 is 0.796 bits per heavy atom. The molecule has 0 aliphatic rings. The predicted octanol–water partition coefficient (Wildman–Crippen LogP) is 9.79. The van der Waals surface area contributed by atoms with Crippen LogP contribution in [-0.2, 0) is 0 Å². The van der Waals surface area contributed by atoms with Crippen molar-refractivity contribution in [2.75, 3.05) is 0 Å². The minimum atomic E-state index is -0.407. The molecule has 0 spiro atoms. The molecule has 54 heavy (non-hydrogen) atoms. The van der Waals surface area contributed by atoms with Crippen LogP contribution in [0.1, 0.15) is 0 Å². The normalized spacial score (nSPS) is 11.5. The molecular formula is C47H29N5O2. The largest absolute Gasteiger partial charge is 0.309 e. The van der Waals surface area contributed by atoms with Crippen molar-refractivity contribution >= 4 is 43.4 Å². The van der Waals surface area contributed by atoms with Gasteiger partial charge in [-0.1, -0.05) is 121 Å². The van der Waals surface area contributed by atoms with Crippen LogP contribution < -0.4 is 11.1 Å². The summed E-state index contributed by atoms with van der Waals surface area (Å²) in [5, 5.41) is 4.02. The molecule has 0 atom stereocenters. The number of aromatic nitrogens is 5. The van der Waals surface area contributed by atoms with Crippen molar-refractivity contribution in [3.05, 3.63) is 197 Å². The van der Waals surface area contributed by atoms with E-state index in [0.29, 0.717) is 50.3 Å². The first-order valence-corrected chi connectivity index (χ1v) is 17.7. The van der Waals surface area contributed by atoms with Gasteiger partial charge in [0.05, 0.1) is 16.7 Å². The number of para-hydroxylation sites is 3. The average molecular weight is 696 g/mol. The monoisotopic (exact) mass is 695 g/mol. The second-order valence-electron chi connectivity index (χ2n) is 13.2. The average Bonchev–Trinajstić information content (AvgIpc) is 3.53. The first kappa shape index (κ1) is 31.2. The van der Waals surface area contributed by atoms with E-state index in [4.69, 9.17) is 15.0 Å². The second kappa shape index (κ2) is 12.6. The molecule has 7 nitrogen and oxygen atoms in total. The van der Waals surface area contributed by atoms with Crippen LogP contribution in [0.2, 0.25) is 0 Å². The fraction of sp³-hybridized carbons (Fsp3) is 0. The third-order valence-electron chi connectivity index (χ3n) is 9.97. The van der Waals surface area contributed by atoms with Crippen LogP contribution in [0.4, 0.5) is 0 Å². The maximum Gasteiger partial charge on any atom is 0.265 e. The molecule has 7 aromatic carbocycles. The molecule has 0 bridgehead atoms. The molecule has 0 unspecified atom stereocenters. The Labute approximate surface area is 308 Å². The smallest absolute Gasteiger partial charge is 0.265 e. The Kier molecular flexibility index (Phi) is 7.30. The standard InChI is InChI=1S/C47H29N5O2/c53-46-36-26-25-32(45-49-43(30-15-5-1-6-16-30)48-44(50-45)31-17-7-2-8-18-31)27-37(36)38-29-42-39(28-40(38)47(54)52(46)34-21-11-4-12-22-34)35-23-13-14-24-41(35)51(42)33-19-9-3-10-20-33/h1-29H. The van der Waals surface area contributed by atoms with Gasteiger partial charge in [-0.2, -0.15) is 0 Å². The van der Waals surface area contributed by atoms with Crippen LogP contribution in [0.5, 0.6) is 0 Å². The van der Waals surface area contributed by atoms with Gasteiger partial charge in [-0.15, -0.1) is 0 Å². The van der Waals surface area contributed by atoms with Crippen LogP contribution in [0.3, 0.4) is 0 Å². The number of hydrogen-bond donors (Lipinski definition) is 0. The zero-order valence-corrected chi connectivity index (χ0v) is 28.8. The number of nitrogens with zero attached hydrogens (tertiary/aromatic N) is 5. The first-order chi connectivity index (χ1) is 26.6. The van der Waals surface area contributed by atoms with E-state index in [1.807, 2.05) is 127 Å². The molecule has 0 N–H and O–H groups in total. The van der Waals surface area contributed by atoms with Gasteiger partial charge in [-0.05, 0) is 65.4 Å². The van der Waals surface area contributed by atoms with Crippen molar-refractivity contribution < 1.29 is 0 Å². The summed E-state index contributed by atoms with van der Waals surface area (Å²) in [6, 6.07) is 56.7. The zero-order chi connectivity index (χ0) is 36.2. The zero-order valence-electron chi connectivity index (χ0n) is 28.8. The first-order valence-electron chi connectivity index (χ1n) is 17.7. The van der Waals surface area contributed by atoms with Gasteiger partial charge in [-0.3, -0.25) is 9.59 Å². The van der Waals surface area contributed by atoms with Crippen molar-refractivity contribution in [2.24, 2.45) is 0 Å². The van der Waals surface area contributed by atoms with E-state index >= 15 is 0 Å². The highest BCUT2D eigenvalue weighted by Crippen LogP contribution is 2.36. The Morgan fingerprint density at radius 3 is 1.41 bits per heavy atom. The predicted molar refractivity (Wildman–Crippen MR) is 217 cm³/mol. The Hall–Kier alpha value is -7.51. The highest BCUT2D eigenvalue weighted by atomic mass is 16.2. The van der Waals surface area contributed by atoms with Crippen molar-refractivity contribution in [1.29, 1.82) is 0 Å². The van der Waals surface area contributed by atoms with Gasteiger partial charge >= 0.3 is 0 Å². The molecule has 0 fully saturated rings.